The number of nitrogens with two attached hydrogens (primary N) is 1. The fourth-order valence-corrected chi connectivity index (χ4v) is 2.54. The Morgan fingerprint density at radius 2 is 2.25 bits per heavy atom. The number of benzene rings is 1. The van der Waals surface area contributed by atoms with Gasteiger partial charge in [0, 0.05) is 12.6 Å². The first-order valence-corrected chi connectivity index (χ1v) is 6.80. The summed E-state index contributed by atoms with van der Waals surface area (Å²) in [7, 11) is 1.54. The van der Waals surface area contributed by atoms with Crippen molar-refractivity contribution in [2.45, 2.75) is 38.3 Å². The Morgan fingerprint density at radius 3 is 2.90 bits per heavy atom. The second kappa shape index (κ2) is 5.71. The molecule has 1 aromatic carbocycles. The number of nitrogen functional groups attached to an aromatic ring is 1. The summed E-state index contributed by atoms with van der Waals surface area (Å²) in [6.45, 7) is 4.72. The van der Waals surface area contributed by atoms with Gasteiger partial charge >= 0.3 is 0 Å². The summed E-state index contributed by atoms with van der Waals surface area (Å²) in [5.74, 6) is 0.356. The number of methoxy groups -OCH3 is 1. The Labute approximate surface area is 119 Å². The van der Waals surface area contributed by atoms with Gasteiger partial charge in [-0.3, -0.25) is 4.79 Å². The number of hydrogen-bond acceptors (Lipinski definition) is 4. The average molecular weight is 278 g/mol. The normalized spacial score (nSPS) is 21.2. The summed E-state index contributed by atoms with van der Waals surface area (Å²) < 4.78 is 10.8. The largest absolute Gasteiger partial charge is 0.495 e. The van der Waals surface area contributed by atoms with Gasteiger partial charge in [-0.15, -0.1) is 0 Å². The van der Waals surface area contributed by atoms with E-state index in [0.717, 1.165) is 12.8 Å². The SMILES string of the molecule is COc1cccc(C(=O)NC2CCOC(C)(C)C2)c1N. The molecule has 0 bridgehead atoms. The van der Waals surface area contributed by atoms with Crippen LogP contribution in [0.2, 0.25) is 0 Å². The van der Waals surface area contributed by atoms with Crippen LogP contribution in [-0.4, -0.2) is 31.3 Å². The van der Waals surface area contributed by atoms with Gasteiger partial charge in [0.1, 0.15) is 5.75 Å². The highest BCUT2D eigenvalue weighted by atomic mass is 16.5. The zero-order chi connectivity index (χ0) is 14.8. The number of nitrogens with one attached hydrogen (secondary N) is 1. The predicted molar refractivity (Wildman–Crippen MR) is 77.9 cm³/mol. The van der Waals surface area contributed by atoms with Crippen molar-refractivity contribution in [3.8, 4) is 5.75 Å². The highest BCUT2D eigenvalue weighted by Gasteiger charge is 2.30. The number of para-hydroxylation sites is 1. The van der Waals surface area contributed by atoms with E-state index < -0.39 is 0 Å². The lowest BCUT2D eigenvalue weighted by Crippen LogP contribution is -2.45. The maximum atomic E-state index is 12.3. The van der Waals surface area contributed by atoms with E-state index >= 15 is 0 Å². The second-order valence-electron chi connectivity index (χ2n) is 5.69. The third-order valence-electron chi connectivity index (χ3n) is 3.56. The van der Waals surface area contributed by atoms with Gasteiger partial charge in [-0.05, 0) is 38.8 Å². The van der Waals surface area contributed by atoms with Crippen molar-refractivity contribution in [3.05, 3.63) is 23.8 Å². The molecule has 1 amide bonds. The van der Waals surface area contributed by atoms with Crippen molar-refractivity contribution in [2.24, 2.45) is 0 Å². The highest BCUT2D eigenvalue weighted by molar-refractivity contribution is 6.00. The van der Waals surface area contributed by atoms with Gasteiger partial charge in [0.15, 0.2) is 0 Å². The quantitative estimate of drug-likeness (QED) is 0.829. The van der Waals surface area contributed by atoms with Crippen molar-refractivity contribution in [1.29, 1.82) is 0 Å². The number of hydrogen-bond donors (Lipinski definition) is 2. The van der Waals surface area contributed by atoms with E-state index in [9.17, 15) is 4.79 Å². The van der Waals surface area contributed by atoms with Crippen LogP contribution in [0.3, 0.4) is 0 Å². The van der Waals surface area contributed by atoms with E-state index in [2.05, 4.69) is 5.32 Å². The van der Waals surface area contributed by atoms with Crippen LogP contribution in [-0.2, 0) is 4.74 Å². The van der Waals surface area contributed by atoms with Gasteiger partial charge in [0.05, 0.1) is 24.0 Å². The van der Waals surface area contributed by atoms with Crippen molar-refractivity contribution in [3.63, 3.8) is 0 Å². The fourth-order valence-electron chi connectivity index (χ4n) is 2.54. The molecule has 5 nitrogen and oxygen atoms in total. The van der Waals surface area contributed by atoms with Gasteiger partial charge in [-0.1, -0.05) is 6.07 Å². The smallest absolute Gasteiger partial charge is 0.253 e. The summed E-state index contributed by atoms with van der Waals surface area (Å²) in [6, 6.07) is 5.32. The molecule has 0 saturated carbocycles. The third-order valence-corrected chi connectivity index (χ3v) is 3.56. The maximum absolute atomic E-state index is 12.3. The van der Waals surface area contributed by atoms with Gasteiger partial charge in [0.2, 0.25) is 0 Å². The van der Waals surface area contributed by atoms with Crippen LogP contribution < -0.4 is 15.8 Å². The molecule has 1 fully saturated rings. The molecule has 110 valence electrons. The minimum atomic E-state index is -0.198. The van der Waals surface area contributed by atoms with Crippen molar-refractivity contribution in [2.75, 3.05) is 19.5 Å². The molecule has 3 N–H and O–H groups in total. The molecule has 0 radical (unpaired) electrons. The first kappa shape index (κ1) is 14.7. The highest BCUT2D eigenvalue weighted by Crippen LogP contribution is 2.27. The Balaban J connectivity index is 2.09. The molecule has 1 aromatic rings. The number of amides is 1. The first-order chi connectivity index (χ1) is 9.43. The molecule has 1 unspecified atom stereocenters. The average Bonchev–Trinajstić information content (AvgIpc) is 2.37. The molecule has 0 aromatic heterocycles. The van der Waals surface area contributed by atoms with Gasteiger partial charge < -0.3 is 20.5 Å². The number of ether oxygens (including phenoxy) is 2. The van der Waals surface area contributed by atoms with E-state index in [4.69, 9.17) is 15.2 Å². The molecule has 1 saturated heterocycles. The molecule has 1 aliphatic rings. The monoisotopic (exact) mass is 278 g/mol. The molecule has 1 aliphatic heterocycles. The molecule has 0 spiro atoms. The molecule has 2 rings (SSSR count). The summed E-state index contributed by atoms with van der Waals surface area (Å²) in [5.41, 5.74) is 6.57. The van der Waals surface area contributed by atoms with Crippen LogP contribution >= 0.6 is 0 Å². The standard InChI is InChI=1S/C15H22N2O3/c1-15(2)9-10(7-8-20-15)17-14(18)11-5-4-6-12(19-3)13(11)16/h4-6,10H,7-9,16H2,1-3H3,(H,17,18). The lowest BCUT2D eigenvalue weighted by atomic mass is 9.93. The second-order valence-corrected chi connectivity index (χ2v) is 5.69. The Morgan fingerprint density at radius 1 is 1.50 bits per heavy atom. The number of carbonyl (C=O) groups is 1. The first-order valence-electron chi connectivity index (χ1n) is 6.80. The fraction of sp³-hybridized carbons (Fsp3) is 0.533. The molecule has 0 aliphatic carbocycles. The minimum Gasteiger partial charge on any atom is -0.495 e. The van der Waals surface area contributed by atoms with E-state index in [0.29, 0.717) is 23.6 Å². The molecule has 5 heteroatoms. The van der Waals surface area contributed by atoms with Gasteiger partial charge in [-0.2, -0.15) is 0 Å². The molecular weight excluding hydrogens is 256 g/mol. The number of anilines is 1. The third kappa shape index (κ3) is 3.22. The van der Waals surface area contributed by atoms with Crippen LogP contribution in [0, 0.1) is 0 Å². The van der Waals surface area contributed by atoms with E-state index in [1.54, 1.807) is 18.2 Å². The van der Waals surface area contributed by atoms with Gasteiger partial charge in [0.25, 0.3) is 5.91 Å². The van der Waals surface area contributed by atoms with E-state index in [1.165, 1.54) is 7.11 Å². The predicted octanol–water partition coefficient (Wildman–Crippen LogP) is 1.96. The molecule has 20 heavy (non-hydrogen) atoms. The Kier molecular flexibility index (Phi) is 4.18. The van der Waals surface area contributed by atoms with Crippen molar-refractivity contribution in [1.82, 2.24) is 5.32 Å². The van der Waals surface area contributed by atoms with Crippen molar-refractivity contribution >= 4 is 11.6 Å². The summed E-state index contributed by atoms with van der Waals surface area (Å²) in [4.78, 5) is 12.3. The minimum absolute atomic E-state index is 0.108. The van der Waals surface area contributed by atoms with Crippen LogP contribution in [0.25, 0.3) is 0 Å². The van der Waals surface area contributed by atoms with Crippen LogP contribution in [0.1, 0.15) is 37.0 Å². The van der Waals surface area contributed by atoms with E-state index in [1.807, 2.05) is 13.8 Å². The summed E-state index contributed by atoms with van der Waals surface area (Å²) in [5, 5.41) is 3.03. The Bertz CT molecular complexity index is 500. The topological polar surface area (TPSA) is 73.6 Å². The van der Waals surface area contributed by atoms with Crippen LogP contribution in [0.15, 0.2) is 18.2 Å². The maximum Gasteiger partial charge on any atom is 0.253 e. The zero-order valence-electron chi connectivity index (χ0n) is 12.2. The molecule has 1 heterocycles. The summed E-state index contributed by atoms with van der Waals surface area (Å²) in [6.07, 6.45) is 1.61. The molecule has 1 atom stereocenters. The lowest BCUT2D eigenvalue weighted by molar-refractivity contribution is -0.0615. The lowest BCUT2D eigenvalue weighted by Gasteiger charge is -2.35. The van der Waals surface area contributed by atoms with Crippen LogP contribution in [0.5, 0.6) is 5.75 Å². The van der Waals surface area contributed by atoms with Crippen molar-refractivity contribution < 1.29 is 14.3 Å². The molecular formula is C15H22N2O3. The number of carbonyl (C=O) groups excluding carboxylic acids is 1. The van der Waals surface area contributed by atoms with E-state index in [-0.39, 0.29) is 17.6 Å². The number of rotatable bonds is 3. The van der Waals surface area contributed by atoms with Gasteiger partial charge in [-0.25, -0.2) is 0 Å². The Hall–Kier alpha value is -1.75. The van der Waals surface area contributed by atoms with Crippen LogP contribution in [0.4, 0.5) is 5.69 Å². The zero-order valence-corrected chi connectivity index (χ0v) is 12.2. The summed E-state index contributed by atoms with van der Waals surface area (Å²) >= 11 is 0.